The molecule has 0 fully saturated rings. The molecule has 0 atom stereocenters. The van der Waals surface area contributed by atoms with Gasteiger partial charge >= 0.3 is 5.69 Å². The van der Waals surface area contributed by atoms with Gasteiger partial charge in [-0.05, 0) is 42.0 Å². The summed E-state index contributed by atoms with van der Waals surface area (Å²) in [7, 11) is 0. The van der Waals surface area contributed by atoms with Crippen LogP contribution in [0.2, 0.25) is 0 Å². The first kappa shape index (κ1) is 18.8. The highest BCUT2D eigenvalue weighted by atomic mass is 16.6. The molecule has 0 unspecified atom stereocenters. The Morgan fingerprint density at radius 1 is 1.07 bits per heavy atom. The average molecular weight is 375 g/mol. The molecule has 3 rings (SSSR count). The predicted molar refractivity (Wildman–Crippen MR) is 107 cm³/mol. The lowest BCUT2D eigenvalue weighted by atomic mass is 10.1. The predicted octanol–water partition coefficient (Wildman–Crippen LogP) is 4.18. The van der Waals surface area contributed by atoms with Crippen molar-refractivity contribution < 1.29 is 14.5 Å². The number of nitrogens with zero attached hydrogens (tertiary/aromatic N) is 2. The van der Waals surface area contributed by atoms with Crippen molar-refractivity contribution in [1.29, 1.82) is 0 Å². The van der Waals surface area contributed by atoms with Crippen molar-refractivity contribution >= 4 is 29.4 Å². The molecule has 0 aliphatic heterocycles. The Kier molecular flexibility index (Phi) is 6.10. The van der Waals surface area contributed by atoms with Crippen molar-refractivity contribution in [2.24, 2.45) is 0 Å². The van der Waals surface area contributed by atoms with Crippen molar-refractivity contribution in [2.75, 3.05) is 11.9 Å². The van der Waals surface area contributed by atoms with Crippen LogP contribution in [-0.4, -0.2) is 22.4 Å². The summed E-state index contributed by atoms with van der Waals surface area (Å²) in [6.45, 7) is -0.334. The molecule has 28 heavy (non-hydrogen) atoms. The van der Waals surface area contributed by atoms with Crippen LogP contribution in [0.1, 0.15) is 11.3 Å². The fraction of sp³-hybridized carbons (Fsp3) is 0.0476. The second kappa shape index (κ2) is 9.09. The van der Waals surface area contributed by atoms with Crippen molar-refractivity contribution in [1.82, 2.24) is 4.98 Å². The topological polar surface area (TPSA) is 94.4 Å². The van der Waals surface area contributed by atoms with E-state index in [-0.39, 0.29) is 18.0 Å². The van der Waals surface area contributed by atoms with E-state index >= 15 is 0 Å². The summed E-state index contributed by atoms with van der Waals surface area (Å²) in [5.41, 5.74) is 2.13. The number of hydrogen-bond acceptors (Lipinski definition) is 5. The highest BCUT2D eigenvalue weighted by Gasteiger charge is 2.14. The molecule has 0 saturated heterocycles. The minimum Gasteiger partial charge on any atom is -0.477 e. The summed E-state index contributed by atoms with van der Waals surface area (Å²) < 4.78 is 5.29. The zero-order valence-electron chi connectivity index (χ0n) is 14.8. The second-order valence-corrected chi connectivity index (χ2v) is 5.78. The molecule has 1 N–H and O–H groups in total. The monoisotopic (exact) mass is 375 g/mol. The van der Waals surface area contributed by atoms with E-state index in [1.807, 2.05) is 48.6 Å². The number of nitro groups is 1. The van der Waals surface area contributed by atoms with Gasteiger partial charge < -0.3 is 10.1 Å². The Labute approximate surface area is 161 Å². The van der Waals surface area contributed by atoms with E-state index in [0.717, 1.165) is 11.3 Å². The maximum atomic E-state index is 12.1. The molecule has 0 aliphatic carbocycles. The number of carbonyl (C=O) groups excluding carboxylic acids is 1. The highest BCUT2D eigenvalue weighted by molar-refractivity contribution is 5.92. The highest BCUT2D eigenvalue weighted by Crippen LogP contribution is 2.25. The fourth-order valence-electron chi connectivity index (χ4n) is 2.45. The molecule has 1 aromatic heterocycles. The number of benzene rings is 2. The van der Waals surface area contributed by atoms with Crippen LogP contribution in [0.5, 0.6) is 5.75 Å². The smallest absolute Gasteiger partial charge is 0.310 e. The van der Waals surface area contributed by atoms with Gasteiger partial charge in [0.25, 0.3) is 5.91 Å². The lowest BCUT2D eigenvalue weighted by Crippen LogP contribution is -2.20. The molecule has 0 saturated carbocycles. The number of ether oxygens (including phenoxy) is 1. The van der Waals surface area contributed by atoms with Crippen molar-refractivity contribution in [3.05, 3.63) is 94.3 Å². The maximum Gasteiger partial charge on any atom is 0.310 e. The molecular formula is C21H17N3O4. The van der Waals surface area contributed by atoms with Gasteiger partial charge in [-0.2, -0.15) is 0 Å². The number of hydrogen-bond donors (Lipinski definition) is 1. The van der Waals surface area contributed by atoms with Crippen LogP contribution in [0.3, 0.4) is 0 Å². The Bertz CT molecular complexity index is 1000. The van der Waals surface area contributed by atoms with Crippen LogP contribution in [0.4, 0.5) is 11.4 Å². The third kappa shape index (κ3) is 5.25. The van der Waals surface area contributed by atoms with Crippen molar-refractivity contribution in [3.63, 3.8) is 0 Å². The zero-order chi connectivity index (χ0) is 19.8. The van der Waals surface area contributed by atoms with Crippen molar-refractivity contribution in [3.8, 4) is 5.75 Å². The van der Waals surface area contributed by atoms with Crippen LogP contribution < -0.4 is 10.1 Å². The van der Waals surface area contributed by atoms with E-state index in [1.54, 1.807) is 18.3 Å². The van der Waals surface area contributed by atoms with Crippen molar-refractivity contribution in [2.45, 2.75) is 0 Å². The van der Waals surface area contributed by atoms with E-state index in [9.17, 15) is 14.9 Å². The lowest BCUT2D eigenvalue weighted by molar-refractivity contribution is -0.385. The summed E-state index contributed by atoms with van der Waals surface area (Å²) in [5, 5.41) is 13.7. The molecule has 0 spiro atoms. The van der Waals surface area contributed by atoms with Gasteiger partial charge in [0.1, 0.15) is 0 Å². The van der Waals surface area contributed by atoms with Crippen LogP contribution in [0.25, 0.3) is 12.2 Å². The normalized spacial score (nSPS) is 10.6. The van der Waals surface area contributed by atoms with Gasteiger partial charge in [-0.15, -0.1) is 0 Å². The van der Waals surface area contributed by atoms with E-state index in [2.05, 4.69) is 10.3 Å². The number of nitrogens with one attached hydrogen (secondary N) is 1. The fourth-order valence-corrected chi connectivity index (χ4v) is 2.45. The number of amides is 1. The number of aromatic nitrogens is 1. The standard InChI is InChI=1S/C21H17N3O4/c25-21(15-28-20-10-2-1-9-19(20)24(26)27)23-18-8-5-6-16(14-18)11-12-17-7-3-4-13-22-17/h1-14H,15H2,(H,23,25)/b12-11+. The first-order chi connectivity index (χ1) is 13.6. The third-order valence-corrected chi connectivity index (χ3v) is 3.73. The van der Waals surface area contributed by atoms with E-state index in [4.69, 9.17) is 4.74 Å². The Morgan fingerprint density at radius 2 is 1.89 bits per heavy atom. The summed E-state index contributed by atoms with van der Waals surface area (Å²) in [6.07, 6.45) is 5.48. The Morgan fingerprint density at radius 3 is 2.68 bits per heavy atom. The van der Waals surface area contributed by atoms with E-state index in [0.29, 0.717) is 5.69 Å². The summed E-state index contributed by atoms with van der Waals surface area (Å²) in [4.78, 5) is 26.8. The van der Waals surface area contributed by atoms with Gasteiger partial charge in [0, 0.05) is 18.0 Å². The molecular weight excluding hydrogens is 358 g/mol. The SMILES string of the molecule is O=C(COc1ccccc1[N+](=O)[O-])Nc1cccc(/C=C/c2ccccn2)c1. The number of anilines is 1. The molecule has 0 bridgehead atoms. The van der Waals surface area contributed by atoms with Gasteiger partial charge in [-0.1, -0.05) is 36.4 Å². The molecule has 7 nitrogen and oxygen atoms in total. The van der Waals surface area contributed by atoms with Crippen LogP contribution in [0.15, 0.2) is 72.9 Å². The molecule has 0 radical (unpaired) electrons. The molecule has 7 heteroatoms. The van der Waals surface area contributed by atoms with Gasteiger partial charge in [-0.25, -0.2) is 0 Å². The van der Waals surface area contributed by atoms with E-state index < -0.39 is 10.8 Å². The van der Waals surface area contributed by atoms with E-state index in [1.165, 1.54) is 18.2 Å². The van der Waals surface area contributed by atoms with Gasteiger partial charge in [0.05, 0.1) is 10.6 Å². The second-order valence-electron chi connectivity index (χ2n) is 5.78. The Balaban J connectivity index is 1.60. The molecule has 1 amide bonds. The van der Waals surface area contributed by atoms with Crippen LogP contribution >= 0.6 is 0 Å². The number of para-hydroxylation sites is 2. The summed E-state index contributed by atoms with van der Waals surface area (Å²) >= 11 is 0. The average Bonchev–Trinajstić information content (AvgIpc) is 2.72. The molecule has 140 valence electrons. The van der Waals surface area contributed by atoms with Gasteiger partial charge in [-0.3, -0.25) is 19.9 Å². The molecule has 1 heterocycles. The first-order valence-electron chi connectivity index (χ1n) is 8.47. The van der Waals surface area contributed by atoms with Gasteiger partial charge in [0.15, 0.2) is 12.4 Å². The summed E-state index contributed by atoms with van der Waals surface area (Å²) in [6, 6.07) is 18.8. The quantitative estimate of drug-likeness (QED) is 0.494. The van der Waals surface area contributed by atoms with Crippen LogP contribution in [0, 0.1) is 10.1 Å². The number of pyridine rings is 1. The number of nitro benzene ring substituents is 1. The van der Waals surface area contributed by atoms with Crippen LogP contribution in [-0.2, 0) is 4.79 Å². The lowest BCUT2D eigenvalue weighted by Gasteiger charge is -2.08. The third-order valence-electron chi connectivity index (χ3n) is 3.73. The minimum atomic E-state index is -0.551. The number of carbonyl (C=O) groups is 1. The first-order valence-corrected chi connectivity index (χ1v) is 8.47. The number of rotatable bonds is 7. The zero-order valence-corrected chi connectivity index (χ0v) is 14.8. The van der Waals surface area contributed by atoms with Gasteiger partial charge in [0.2, 0.25) is 0 Å². The Hall–Kier alpha value is -4.00. The molecule has 3 aromatic rings. The molecule has 0 aliphatic rings. The summed E-state index contributed by atoms with van der Waals surface area (Å²) in [5.74, 6) is -0.362. The largest absolute Gasteiger partial charge is 0.477 e. The molecule has 2 aromatic carbocycles. The minimum absolute atomic E-state index is 0.0506. The maximum absolute atomic E-state index is 12.1.